The highest BCUT2D eigenvalue weighted by Crippen LogP contribution is 2.30. The van der Waals surface area contributed by atoms with Gasteiger partial charge in [-0.3, -0.25) is 0 Å². The summed E-state index contributed by atoms with van der Waals surface area (Å²) in [6.45, 7) is 1.07. The minimum Gasteiger partial charge on any atom is -0.306 e. The number of hydrogen-bond donors (Lipinski definition) is 1. The number of benzene rings is 2. The molecule has 0 aliphatic carbocycles. The molecule has 0 saturated carbocycles. The summed E-state index contributed by atoms with van der Waals surface area (Å²) in [5.74, 6) is 0. The van der Waals surface area contributed by atoms with Crippen molar-refractivity contribution in [3.8, 4) is 0 Å². The highest BCUT2D eigenvalue weighted by atomic mass is 14.9. The van der Waals surface area contributed by atoms with Gasteiger partial charge >= 0.3 is 0 Å². The van der Waals surface area contributed by atoms with Crippen molar-refractivity contribution in [2.24, 2.45) is 0 Å². The largest absolute Gasteiger partial charge is 0.306 e. The third-order valence-corrected chi connectivity index (χ3v) is 3.42. The fourth-order valence-corrected chi connectivity index (χ4v) is 2.53. The van der Waals surface area contributed by atoms with E-state index in [1.165, 1.54) is 16.7 Å². The third kappa shape index (κ3) is 2.36. The van der Waals surface area contributed by atoms with Crippen LogP contribution < -0.4 is 5.32 Å². The number of hydrogen-bond acceptors (Lipinski definition) is 1. The van der Waals surface area contributed by atoms with Gasteiger partial charge in [0.15, 0.2) is 0 Å². The van der Waals surface area contributed by atoms with Crippen molar-refractivity contribution in [2.45, 2.75) is 12.5 Å². The van der Waals surface area contributed by atoms with Gasteiger partial charge in [0.2, 0.25) is 0 Å². The zero-order valence-corrected chi connectivity index (χ0v) is 10.3. The van der Waals surface area contributed by atoms with Crippen molar-refractivity contribution in [3.63, 3.8) is 0 Å². The molecule has 0 aromatic heterocycles. The van der Waals surface area contributed by atoms with Crippen LogP contribution in [0.4, 0.5) is 0 Å². The minimum atomic E-state index is 0.381. The molecule has 0 spiro atoms. The van der Waals surface area contributed by atoms with Gasteiger partial charge in [-0.1, -0.05) is 66.7 Å². The Morgan fingerprint density at radius 3 is 2.28 bits per heavy atom. The Bertz CT molecular complexity index is 528. The maximum atomic E-state index is 3.57. The predicted octanol–water partition coefficient (Wildman–Crippen LogP) is 3.80. The average Bonchev–Trinajstić information content (AvgIpc) is 2.89. The number of rotatable bonds is 2. The van der Waals surface area contributed by atoms with Crippen molar-refractivity contribution in [1.82, 2.24) is 5.32 Å². The maximum absolute atomic E-state index is 3.57. The molecule has 18 heavy (non-hydrogen) atoms. The molecule has 1 saturated heterocycles. The topological polar surface area (TPSA) is 12.0 Å². The molecule has 1 aliphatic rings. The Labute approximate surface area is 108 Å². The van der Waals surface area contributed by atoms with Gasteiger partial charge in [-0.15, -0.1) is 0 Å². The summed E-state index contributed by atoms with van der Waals surface area (Å²) < 4.78 is 0. The Hall–Kier alpha value is -1.86. The summed E-state index contributed by atoms with van der Waals surface area (Å²) in [6, 6.07) is 21.6. The SMILES string of the molecule is C(=C1/CCNC1c1ccccc1)/c1ccccc1. The first-order valence-corrected chi connectivity index (χ1v) is 6.47. The van der Waals surface area contributed by atoms with Crippen LogP contribution in [0, 0.1) is 0 Å². The molecule has 1 unspecified atom stereocenters. The van der Waals surface area contributed by atoms with Crippen LogP contribution >= 0.6 is 0 Å². The van der Waals surface area contributed by atoms with E-state index in [1.807, 2.05) is 0 Å². The molecule has 1 fully saturated rings. The molecule has 1 heterocycles. The van der Waals surface area contributed by atoms with Gasteiger partial charge in [0.25, 0.3) is 0 Å². The van der Waals surface area contributed by atoms with Crippen molar-refractivity contribution >= 4 is 6.08 Å². The second kappa shape index (κ2) is 5.19. The first-order chi connectivity index (χ1) is 8.93. The summed E-state index contributed by atoms with van der Waals surface area (Å²) in [4.78, 5) is 0. The van der Waals surface area contributed by atoms with Gasteiger partial charge in [-0.05, 0) is 29.7 Å². The third-order valence-electron chi connectivity index (χ3n) is 3.42. The van der Waals surface area contributed by atoms with Crippen LogP contribution in [0.25, 0.3) is 6.08 Å². The predicted molar refractivity (Wildman–Crippen MR) is 76.2 cm³/mol. The highest BCUT2D eigenvalue weighted by molar-refractivity contribution is 5.56. The molecule has 90 valence electrons. The van der Waals surface area contributed by atoms with E-state index in [0.29, 0.717) is 6.04 Å². The summed E-state index contributed by atoms with van der Waals surface area (Å²) in [5.41, 5.74) is 4.13. The van der Waals surface area contributed by atoms with Crippen molar-refractivity contribution in [1.29, 1.82) is 0 Å². The molecule has 1 nitrogen and oxygen atoms in total. The Kier molecular flexibility index (Phi) is 3.24. The molecule has 2 aromatic carbocycles. The molecule has 0 amide bonds. The smallest absolute Gasteiger partial charge is 0.0539 e. The lowest BCUT2D eigenvalue weighted by Gasteiger charge is -2.13. The molecule has 0 radical (unpaired) electrons. The molecular weight excluding hydrogens is 218 g/mol. The molecule has 1 aliphatic heterocycles. The normalized spacial score (nSPS) is 21.3. The summed E-state index contributed by atoms with van der Waals surface area (Å²) in [5, 5.41) is 3.57. The van der Waals surface area contributed by atoms with Crippen molar-refractivity contribution < 1.29 is 0 Å². The number of nitrogens with one attached hydrogen (secondary N) is 1. The zero-order chi connectivity index (χ0) is 12.2. The first-order valence-electron chi connectivity index (χ1n) is 6.47. The zero-order valence-electron chi connectivity index (χ0n) is 10.3. The lowest BCUT2D eigenvalue weighted by Crippen LogP contribution is -2.13. The van der Waals surface area contributed by atoms with E-state index in [0.717, 1.165) is 13.0 Å². The van der Waals surface area contributed by atoms with Crippen LogP contribution in [0.1, 0.15) is 23.6 Å². The van der Waals surface area contributed by atoms with Crippen molar-refractivity contribution in [3.05, 3.63) is 77.4 Å². The fourth-order valence-electron chi connectivity index (χ4n) is 2.53. The monoisotopic (exact) mass is 235 g/mol. The van der Waals surface area contributed by atoms with E-state index in [2.05, 4.69) is 72.1 Å². The average molecular weight is 235 g/mol. The van der Waals surface area contributed by atoms with E-state index < -0.39 is 0 Å². The second-order valence-corrected chi connectivity index (χ2v) is 4.68. The van der Waals surface area contributed by atoms with Gasteiger partial charge in [0, 0.05) is 0 Å². The molecule has 1 heteroatoms. The maximum Gasteiger partial charge on any atom is 0.0539 e. The van der Waals surface area contributed by atoms with E-state index in [-0.39, 0.29) is 0 Å². The first kappa shape index (κ1) is 11.2. The lowest BCUT2D eigenvalue weighted by atomic mass is 9.98. The van der Waals surface area contributed by atoms with Crippen LogP contribution in [-0.4, -0.2) is 6.54 Å². The molecule has 1 N–H and O–H groups in total. The van der Waals surface area contributed by atoms with Crippen LogP contribution in [0.5, 0.6) is 0 Å². The summed E-state index contributed by atoms with van der Waals surface area (Å²) in [6.07, 6.45) is 3.45. The van der Waals surface area contributed by atoms with Gasteiger partial charge in [0.05, 0.1) is 6.04 Å². The molecule has 1 atom stereocenters. The van der Waals surface area contributed by atoms with E-state index in [9.17, 15) is 0 Å². The Morgan fingerprint density at radius 2 is 1.56 bits per heavy atom. The van der Waals surface area contributed by atoms with Crippen molar-refractivity contribution in [2.75, 3.05) is 6.54 Å². The van der Waals surface area contributed by atoms with Gasteiger partial charge in [-0.25, -0.2) is 0 Å². The standard InChI is InChI=1S/C17H17N/c1-3-7-14(8-4-1)13-16-11-12-18-17(16)15-9-5-2-6-10-15/h1-10,13,17-18H,11-12H2/b16-13+. The van der Waals surface area contributed by atoms with Gasteiger partial charge < -0.3 is 5.32 Å². The van der Waals surface area contributed by atoms with E-state index in [4.69, 9.17) is 0 Å². The fraction of sp³-hybridized carbons (Fsp3) is 0.176. The molecule has 0 bridgehead atoms. The van der Waals surface area contributed by atoms with Gasteiger partial charge in [-0.2, -0.15) is 0 Å². The minimum absolute atomic E-state index is 0.381. The van der Waals surface area contributed by atoms with Crippen LogP contribution in [-0.2, 0) is 0 Å². The quantitative estimate of drug-likeness (QED) is 0.834. The summed E-state index contributed by atoms with van der Waals surface area (Å²) >= 11 is 0. The Balaban J connectivity index is 1.90. The second-order valence-electron chi connectivity index (χ2n) is 4.68. The molecule has 2 aromatic rings. The van der Waals surface area contributed by atoms with E-state index >= 15 is 0 Å². The molecule has 3 rings (SSSR count). The van der Waals surface area contributed by atoms with Crippen LogP contribution in [0.15, 0.2) is 66.2 Å². The highest BCUT2D eigenvalue weighted by Gasteiger charge is 2.21. The summed E-state index contributed by atoms with van der Waals surface area (Å²) in [7, 11) is 0. The van der Waals surface area contributed by atoms with E-state index in [1.54, 1.807) is 0 Å². The van der Waals surface area contributed by atoms with Crippen LogP contribution in [0.3, 0.4) is 0 Å². The van der Waals surface area contributed by atoms with Gasteiger partial charge in [0.1, 0.15) is 0 Å². The lowest BCUT2D eigenvalue weighted by molar-refractivity contribution is 0.709. The Morgan fingerprint density at radius 1 is 0.889 bits per heavy atom. The molecular formula is C17H17N. The van der Waals surface area contributed by atoms with Crippen LogP contribution in [0.2, 0.25) is 0 Å².